The molecular formula is C11H11F3N4O3. The molecule has 0 fully saturated rings. The Balaban J connectivity index is 2.75. The van der Waals surface area contributed by atoms with Gasteiger partial charge in [0.25, 0.3) is 0 Å². The fourth-order valence-electron chi connectivity index (χ4n) is 1.51. The monoisotopic (exact) mass is 304 g/mol. The van der Waals surface area contributed by atoms with Crippen molar-refractivity contribution in [1.82, 2.24) is 5.32 Å². The summed E-state index contributed by atoms with van der Waals surface area (Å²) in [4.78, 5) is 13.6. The Morgan fingerprint density at radius 3 is 2.52 bits per heavy atom. The minimum atomic E-state index is -4.80. The van der Waals surface area contributed by atoms with Crippen LogP contribution in [0.5, 0.6) is 5.75 Å². The number of halogens is 3. The molecule has 0 bridgehead atoms. The highest BCUT2D eigenvalue weighted by atomic mass is 19.4. The Hall–Kier alpha value is -2.45. The van der Waals surface area contributed by atoms with Gasteiger partial charge in [0.2, 0.25) is 0 Å². The molecule has 1 unspecified atom stereocenters. The summed E-state index contributed by atoms with van der Waals surface area (Å²) in [6.45, 7) is 0.164. The number of nitrogens with zero attached hydrogens (tertiary/aromatic N) is 3. The molecule has 1 aromatic carbocycles. The third-order valence-corrected chi connectivity index (χ3v) is 2.32. The summed E-state index contributed by atoms with van der Waals surface area (Å²) >= 11 is 0. The molecule has 21 heavy (non-hydrogen) atoms. The maximum Gasteiger partial charge on any atom is 0.573 e. The van der Waals surface area contributed by atoms with Crippen LogP contribution in [0, 0.1) is 0 Å². The molecule has 1 rings (SSSR count). The maximum atomic E-state index is 12.0. The normalized spacial score (nSPS) is 12.3. The van der Waals surface area contributed by atoms with Crippen molar-refractivity contribution in [2.24, 2.45) is 5.11 Å². The molecule has 0 saturated heterocycles. The topological polar surface area (TPSA) is 107 Å². The molecule has 0 aromatic heterocycles. The molecule has 1 aromatic rings. The average molecular weight is 304 g/mol. The summed E-state index contributed by atoms with van der Waals surface area (Å²) in [6.07, 6.45) is -4.80. The SMILES string of the molecule is [N-]=[N+]=NCCNC(C(=O)O)c1ccc(OC(F)(F)F)cc1. The number of carbonyl (C=O) groups is 1. The lowest BCUT2D eigenvalue weighted by molar-refractivity contribution is -0.274. The van der Waals surface area contributed by atoms with Crippen LogP contribution in [0.15, 0.2) is 29.4 Å². The van der Waals surface area contributed by atoms with Crippen LogP contribution in [0.2, 0.25) is 0 Å². The van der Waals surface area contributed by atoms with Crippen molar-refractivity contribution in [2.45, 2.75) is 12.4 Å². The zero-order valence-corrected chi connectivity index (χ0v) is 10.5. The van der Waals surface area contributed by atoms with E-state index in [1.165, 1.54) is 12.1 Å². The standard InChI is InChI=1S/C11H11F3N4O3/c12-11(13,14)21-8-3-1-7(2-4-8)9(10(19)20)16-5-6-17-18-15/h1-4,9,16H,5-6H2,(H,19,20). The van der Waals surface area contributed by atoms with Crippen molar-refractivity contribution >= 4 is 5.97 Å². The van der Waals surface area contributed by atoms with E-state index < -0.39 is 24.1 Å². The van der Waals surface area contributed by atoms with E-state index in [-0.39, 0.29) is 18.7 Å². The Bertz CT molecular complexity index is 527. The van der Waals surface area contributed by atoms with E-state index in [4.69, 9.17) is 10.6 Å². The minimum absolute atomic E-state index is 0.0511. The molecule has 0 heterocycles. The van der Waals surface area contributed by atoms with E-state index in [2.05, 4.69) is 20.1 Å². The number of benzene rings is 1. The molecule has 0 amide bonds. The third kappa shape index (κ3) is 6.02. The predicted octanol–water partition coefficient (Wildman–Crippen LogP) is 2.61. The van der Waals surface area contributed by atoms with Gasteiger partial charge in [-0.15, -0.1) is 13.2 Å². The van der Waals surface area contributed by atoms with Crippen LogP contribution in [0.3, 0.4) is 0 Å². The number of carboxylic acids is 1. The Labute approximate surface area is 117 Å². The number of azide groups is 1. The van der Waals surface area contributed by atoms with E-state index in [1.54, 1.807) is 0 Å². The van der Waals surface area contributed by atoms with E-state index in [9.17, 15) is 18.0 Å². The van der Waals surface area contributed by atoms with E-state index >= 15 is 0 Å². The van der Waals surface area contributed by atoms with Crippen LogP contribution in [-0.4, -0.2) is 30.5 Å². The van der Waals surface area contributed by atoms with Crippen LogP contribution in [0.4, 0.5) is 13.2 Å². The summed E-state index contributed by atoms with van der Waals surface area (Å²) in [6, 6.07) is 3.33. The molecule has 10 heteroatoms. The average Bonchev–Trinajstić information content (AvgIpc) is 2.38. The molecule has 0 saturated carbocycles. The molecule has 0 aliphatic carbocycles. The molecule has 0 aliphatic rings. The lowest BCUT2D eigenvalue weighted by atomic mass is 10.1. The number of nitrogens with one attached hydrogen (secondary N) is 1. The van der Waals surface area contributed by atoms with Crippen LogP contribution >= 0.6 is 0 Å². The fourth-order valence-corrected chi connectivity index (χ4v) is 1.51. The van der Waals surface area contributed by atoms with Crippen molar-refractivity contribution in [3.63, 3.8) is 0 Å². The van der Waals surface area contributed by atoms with Gasteiger partial charge in [-0.1, -0.05) is 17.2 Å². The van der Waals surface area contributed by atoms with Gasteiger partial charge in [0.05, 0.1) is 0 Å². The lowest BCUT2D eigenvalue weighted by Gasteiger charge is -2.15. The number of ether oxygens (including phenoxy) is 1. The van der Waals surface area contributed by atoms with Crippen molar-refractivity contribution in [2.75, 3.05) is 13.1 Å². The first-order chi connectivity index (χ1) is 9.83. The molecule has 7 nitrogen and oxygen atoms in total. The summed E-state index contributed by atoms with van der Waals surface area (Å²) in [5, 5.41) is 14.9. The van der Waals surface area contributed by atoms with Gasteiger partial charge in [-0.05, 0) is 23.2 Å². The number of carboxylic acid groups (broad SMARTS) is 1. The molecular weight excluding hydrogens is 293 g/mol. The Kier molecular flexibility index (Phi) is 5.82. The van der Waals surface area contributed by atoms with Crippen LogP contribution < -0.4 is 10.1 Å². The van der Waals surface area contributed by atoms with Gasteiger partial charge in [0.15, 0.2) is 0 Å². The van der Waals surface area contributed by atoms with Gasteiger partial charge in [-0.3, -0.25) is 4.79 Å². The Morgan fingerprint density at radius 1 is 1.43 bits per heavy atom. The highest BCUT2D eigenvalue weighted by Crippen LogP contribution is 2.24. The molecule has 0 spiro atoms. The molecule has 114 valence electrons. The first-order valence-electron chi connectivity index (χ1n) is 5.66. The predicted molar refractivity (Wildman–Crippen MR) is 65.5 cm³/mol. The summed E-state index contributed by atoms with van der Waals surface area (Å²) in [7, 11) is 0. The fraction of sp³-hybridized carbons (Fsp3) is 0.364. The third-order valence-electron chi connectivity index (χ3n) is 2.32. The largest absolute Gasteiger partial charge is 0.573 e. The van der Waals surface area contributed by atoms with Crippen molar-refractivity contribution < 1.29 is 27.8 Å². The molecule has 0 radical (unpaired) electrons. The number of alkyl halides is 3. The van der Waals surface area contributed by atoms with Gasteiger partial charge >= 0.3 is 12.3 Å². The van der Waals surface area contributed by atoms with E-state index in [1.807, 2.05) is 0 Å². The number of aliphatic carboxylic acids is 1. The first kappa shape index (κ1) is 16.6. The number of hydrogen-bond donors (Lipinski definition) is 2. The van der Waals surface area contributed by atoms with E-state index in [0.29, 0.717) is 0 Å². The summed E-state index contributed by atoms with van der Waals surface area (Å²) in [5.41, 5.74) is 8.34. The minimum Gasteiger partial charge on any atom is -0.480 e. The summed E-state index contributed by atoms with van der Waals surface area (Å²) in [5.74, 6) is -1.65. The zero-order valence-electron chi connectivity index (χ0n) is 10.5. The van der Waals surface area contributed by atoms with Crippen LogP contribution in [0.1, 0.15) is 11.6 Å². The maximum absolute atomic E-state index is 12.0. The van der Waals surface area contributed by atoms with Crippen molar-refractivity contribution in [3.05, 3.63) is 40.3 Å². The van der Waals surface area contributed by atoms with Gasteiger partial charge in [0, 0.05) is 18.0 Å². The van der Waals surface area contributed by atoms with Gasteiger partial charge in [0.1, 0.15) is 11.8 Å². The number of rotatable bonds is 7. The Morgan fingerprint density at radius 2 is 2.05 bits per heavy atom. The molecule has 1 atom stereocenters. The highest BCUT2D eigenvalue weighted by Gasteiger charge is 2.31. The summed E-state index contributed by atoms with van der Waals surface area (Å²) < 4.78 is 39.7. The first-order valence-corrected chi connectivity index (χ1v) is 5.66. The zero-order chi connectivity index (χ0) is 15.9. The second kappa shape index (κ2) is 7.36. The highest BCUT2D eigenvalue weighted by molar-refractivity contribution is 5.75. The second-order valence-electron chi connectivity index (χ2n) is 3.80. The van der Waals surface area contributed by atoms with Gasteiger partial charge in [-0.2, -0.15) is 0 Å². The van der Waals surface area contributed by atoms with Gasteiger partial charge in [-0.25, -0.2) is 0 Å². The van der Waals surface area contributed by atoms with Crippen molar-refractivity contribution in [3.8, 4) is 5.75 Å². The van der Waals surface area contributed by atoms with Crippen LogP contribution in [-0.2, 0) is 4.79 Å². The molecule has 2 N–H and O–H groups in total. The van der Waals surface area contributed by atoms with E-state index in [0.717, 1.165) is 12.1 Å². The second-order valence-corrected chi connectivity index (χ2v) is 3.80. The molecule has 0 aliphatic heterocycles. The number of hydrogen-bond acceptors (Lipinski definition) is 4. The lowest BCUT2D eigenvalue weighted by Crippen LogP contribution is -2.30. The van der Waals surface area contributed by atoms with Gasteiger partial charge < -0.3 is 15.2 Å². The van der Waals surface area contributed by atoms with Crippen molar-refractivity contribution in [1.29, 1.82) is 0 Å². The smallest absolute Gasteiger partial charge is 0.480 e. The van der Waals surface area contributed by atoms with Crippen LogP contribution in [0.25, 0.3) is 10.4 Å². The quantitative estimate of drug-likeness (QED) is 0.349.